The van der Waals surface area contributed by atoms with Crippen molar-refractivity contribution in [3.8, 4) is 0 Å². The Bertz CT molecular complexity index is 841. The first-order chi connectivity index (χ1) is 11.7. The van der Waals surface area contributed by atoms with Gasteiger partial charge in [0.25, 0.3) is 5.91 Å². The van der Waals surface area contributed by atoms with E-state index in [1.165, 1.54) is 0 Å². The monoisotopic (exact) mass is 364 g/mol. The highest BCUT2D eigenvalue weighted by Crippen LogP contribution is 2.12. The number of nitrogens with zero attached hydrogens (tertiary/aromatic N) is 2. The Morgan fingerprint density at radius 2 is 1.88 bits per heavy atom. The molecule has 0 aliphatic carbocycles. The molecule has 0 aliphatic rings. The summed E-state index contributed by atoms with van der Waals surface area (Å²) < 4.78 is 27.4. The Hall–Kier alpha value is -2.35. The first kappa shape index (κ1) is 19.0. The Labute approximate surface area is 148 Å². The molecule has 136 valence electrons. The Morgan fingerprint density at radius 1 is 1.24 bits per heavy atom. The fraction of sp³-hybridized carbons (Fsp3) is 0.412. The summed E-state index contributed by atoms with van der Waals surface area (Å²) in [5.41, 5.74) is 2.90. The van der Waals surface area contributed by atoms with Gasteiger partial charge in [-0.3, -0.25) is 14.2 Å². The second-order valence-electron chi connectivity index (χ2n) is 6.07. The molecule has 1 atom stereocenters. The number of nitrogens with one attached hydrogen (secondary N) is 2. The highest BCUT2D eigenvalue weighted by Gasteiger charge is 2.13. The number of sulfonamides is 1. The summed E-state index contributed by atoms with van der Waals surface area (Å²) in [6.07, 6.45) is 0. The smallest absolute Gasteiger partial charge is 0.251 e. The average molecular weight is 364 g/mol. The molecule has 8 heteroatoms. The molecular weight excluding hydrogens is 340 g/mol. The number of aromatic nitrogens is 2. The Balaban J connectivity index is 1.97. The van der Waals surface area contributed by atoms with E-state index in [0.717, 1.165) is 11.4 Å². The van der Waals surface area contributed by atoms with Crippen molar-refractivity contribution in [1.82, 2.24) is 15.1 Å². The number of rotatable bonds is 7. The maximum Gasteiger partial charge on any atom is 0.251 e. The van der Waals surface area contributed by atoms with Crippen molar-refractivity contribution in [2.45, 2.75) is 40.3 Å². The van der Waals surface area contributed by atoms with Gasteiger partial charge in [0.1, 0.15) is 0 Å². The summed E-state index contributed by atoms with van der Waals surface area (Å²) in [7, 11) is -3.32. The van der Waals surface area contributed by atoms with Gasteiger partial charge >= 0.3 is 0 Å². The van der Waals surface area contributed by atoms with Crippen LogP contribution in [0, 0.1) is 13.8 Å². The summed E-state index contributed by atoms with van der Waals surface area (Å²) in [4.78, 5) is 12.3. The minimum atomic E-state index is -3.32. The van der Waals surface area contributed by atoms with Crippen LogP contribution in [0.4, 0.5) is 5.69 Å². The number of aryl methyl sites for hydroxylation is 2. The molecule has 0 fully saturated rings. The summed E-state index contributed by atoms with van der Waals surface area (Å²) in [5.74, 6) is -0.210. The van der Waals surface area contributed by atoms with Crippen LogP contribution < -0.4 is 10.0 Å². The molecule has 7 nitrogen and oxygen atoms in total. The quantitative estimate of drug-likeness (QED) is 0.787. The van der Waals surface area contributed by atoms with E-state index in [1.807, 2.05) is 31.5 Å². The van der Waals surface area contributed by atoms with E-state index in [1.54, 1.807) is 31.2 Å². The van der Waals surface area contributed by atoms with Gasteiger partial charge in [-0.2, -0.15) is 5.10 Å². The molecule has 0 aliphatic heterocycles. The zero-order valence-electron chi connectivity index (χ0n) is 14.9. The number of carbonyl (C=O) groups excluding carboxylic acids is 1. The third-order valence-corrected chi connectivity index (χ3v) is 5.03. The molecule has 0 spiro atoms. The third-order valence-electron chi connectivity index (χ3n) is 3.73. The molecule has 2 aromatic rings. The van der Waals surface area contributed by atoms with Crippen LogP contribution in [0.5, 0.6) is 0 Å². The minimum Gasteiger partial charge on any atom is -0.348 e. The molecule has 1 heterocycles. The van der Waals surface area contributed by atoms with Gasteiger partial charge in [0.2, 0.25) is 10.0 Å². The van der Waals surface area contributed by atoms with Gasteiger partial charge in [0.05, 0.1) is 18.0 Å². The standard InChI is InChI=1S/C17H24N4O3S/c1-5-25(23,24)20-16-8-6-15(7-9-16)17(22)18-13(3)11-21-14(4)10-12(2)19-21/h6-10,13,20H,5,11H2,1-4H3,(H,18,22). The predicted octanol–water partition coefficient (Wildman–Crippen LogP) is 2.08. The molecule has 2 rings (SSSR count). The normalized spacial score (nSPS) is 12.6. The van der Waals surface area contributed by atoms with Crippen LogP contribution in [-0.2, 0) is 16.6 Å². The number of carbonyl (C=O) groups is 1. The Kier molecular flexibility index (Phi) is 5.84. The zero-order chi connectivity index (χ0) is 18.6. The van der Waals surface area contributed by atoms with E-state index >= 15 is 0 Å². The van der Waals surface area contributed by atoms with E-state index in [-0.39, 0.29) is 17.7 Å². The maximum atomic E-state index is 12.3. The first-order valence-electron chi connectivity index (χ1n) is 8.12. The highest BCUT2D eigenvalue weighted by molar-refractivity contribution is 7.92. The van der Waals surface area contributed by atoms with Crippen molar-refractivity contribution in [1.29, 1.82) is 0 Å². The molecule has 1 amide bonds. The van der Waals surface area contributed by atoms with E-state index in [0.29, 0.717) is 17.8 Å². The molecule has 1 aromatic carbocycles. The van der Waals surface area contributed by atoms with E-state index in [9.17, 15) is 13.2 Å². The SMILES string of the molecule is CCS(=O)(=O)Nc1ccc(C(=O)NC(C)Cn2nc(C)cc2C)cc1. The van der Waals surface area contributed by atoms with Crippen LogP contribution >= 0.6 is 0 Å². The van der Waals surface area contributed by atoms with Crippen LogP contribution in [0.3, 0.4) is 0 Å². The first-order valence-corrected chi connectivity index (χ1v) is 9.78. The van der Waals surface area contributed by atoms with Crippen molar-refractivity contribution < 1.29 is 13.2 Å². The molecular formula is C17H24N4O3S. The molecule has 25 heavy (non-hydrogen) atoms. The molecule has 1 unspecified atom stereocenters. The summed E-state index contributed by atoms with van der Waals surface area (Å²) in [6.45, 7) is 7.97. The third kappa shape index (κ3) is 5.32. The average Bonchev–Trinajstić information content (AvgIpc) is 2.85. The van der Waals surface area contributed by atoms with Gasteiger partial charge in [0.15, 0.2) is 0 Å². The van der Waals surface area contributed by atoms with E-state index in [4.69, 9.17) is 0 Å². The predicted molar refractivity (Wildman–Crippen MR) is 98.2 cm³/mol. The summed E-state index contributed by atoms with van der Waals surface area (Å²) in [6, 6.07) is 8.24. The lowest BCUT2D eigenvalue weighted by atomic mass is 10.2. The van der Waals surface area contributed by atoms with Crippen molar-refractivity contribution in [3.05, 3.63) is 47.3 Å². The van der Waals surface area contributed by atoms with Gasteiger partial charge in [0, 0.05) is 23.0 Å². The van der Waals surface area contributed by atoms with Gasteiger partial charge in [-0.15, -0.1) is 0 Å². The molecule has 0 saturated carbocycles. The molecule has 0 bridgehead atoms. The molecule has 0 radical (unpaired) electrons. The summed E-state index contributed by atoms with van der Waals surface area (Å²) in [5, 5.41) is 7.31. The fourth-order valence-corrected chi connectivity index (χ4v) is 3.05. The molecule has 0 saturated heterocycles. The number of anilines is 1. The van der Waals surface area contributed by atoms with Gasteiger partial charge in [-0.25, -0.2) is 8.42 Å². The largest absolute Gasteiger partial charge is 0.348 e. The van der Waals surface area contributed by atoms with Crippen molar-refractivity contribution in [2.75, 3.05) is 10.5 Å². The van der Waals surface area contributed by atoms with Gasteiger partial charge < -0.3 is 5.32 Å². The highest BCUT2D eigenvalue weighted by atomic mass is 32.2. The van der Waals surface area contributed by atoms with Gasteiger partial charge in [-0.1, -0.05) is 0 Å². The summed E-state index contributed by atoms with van der Waals surface area (Å²) >= 11 is 0. The van der Waals surface area contributed by atoms with E-state index < -0.39 is 10.0 Å². The van der Waals surface area contributed by atoms with Crippen molar-refractivity contribution >= 4 is 21.6 Å². The fourth-order valence-electron chi connectivity index (χ4n) is 2.41. The minimum absolute atomic E-state index is 0.000921. The van der Waals surface area contributed by atoms with Crippen LogP contribution in [0.15, 0.2) is 30.3 Å². The van der Waals surface area contributed by atoms with Crippen molar-refractivity contribution in [3.63, 3.8) is 0 Å². The van der Waals surface area contributed by atoms with Crippen LogP contribution in [0.2, 0.25) is 0 Å². The number of hydrogen-bond donors (Lipinski definition) is 2. The lowest BCUT2D eigenvalue weighted by Crippen LogP contribution is -2.36. The van der Waals surface area contributed by atoms with Crippen molar-refractivity contribution in [2.24, 2.45) is 0 Å². The second kappa shape index (κ2) is 7.69. The topological polar surface area (TPSA) is 93.1 Å². The van der Waals surface area contributed by atoms with Gasteiger partial charge in [-0.05, 0) is 58.0 Å². The number of hydrogen-bond acceptors (Lipinski definition) is 4. The molecule has 2 N–H and O–H groups in total. The van der Waals surface area contributed by atoms with E-state index in [2.05, 4.69) is 15.1 Å². The number of benzene rings is 1. The van der Waals surface area contributed by atoms with Crippen LogP contribution in [0.25, 0.3) is 0 Å². The second-order valence-corrected chi connectivity index (χ2v) is 8.08. The lowest BCUT2D eigenvalue weighted by Gasteiger charge is -2.15. The maximum absolute atomic E-state index is 12.3. The van der Waals surface area contributed by atoms with Crippen LogP contribution in [-0.4, -0.2) is 35.9 Å². The van der Waals surface area contributed by atoms with Crippen LogP contribution in [0.1, 0.15) is 35.6 Å². The molecule has 1 aromatic heterocycles. The number of amides is 1. The lowest BCUT2D eigenvalue weighted by molar-refractivity contribution is 0.0936. The zero-order valence-corrected chi connectivity index (χ0v) is 15.7. The Morgan fingerprint density at radius 3 is 2.40 bits per heavy atom.